The average Bonchev–Trinajstić information content (AvgIpc) is 2.97. The van der Waals surface area contributed by atoms with Crippen LogP contribution in [0.2, 0.25) is 0 Å². The average molecular weight is 583 g/mol. The second kappa shape index (κ2) is 16.2. The van der Waals surface area contributed by atoms with Gasteiger partial charge in [-0.2, -0.15) is 0 Å². The van der Waals surface area contributed by atoms with E-state index in [2.05, 4.69) is 48.5 Å². The fraction of sp³-hybridized carbons (Fsp3) is 0.667. The van der Waals surface area contributed by atoms with Crippen molar-refractivity contribution in [1.29, 1.82) is 0 Å². The van der Waals surface area contributed by atoms with E-state index in [9.17, 15) is 0 Å². The molecule has 6 rings (SSSR count). The minimum atomic E-state index is 0. The number of ether oxygens (including phenoxy) is 2. The Morgan fingerprint density at radius 1 is 0.512 bits per heavy atom. The molecule has 0 saturated heterocycles. The summed E-state index contributed by atoms with van der Waals surface area (Å²) in [7, 11) is 0. The van der Waals surface area contributed by atoms with Gasteiger partial charge >= 0.3 is 0 Å². The van der Waals surface area contributed by atoms with Crippen LogP contribution in [0.5, 0.6) is 11.5 Å². The third-order valence-electron chi connectivity index (χ3n) is 10.3. The van der Waals surface area contributed by atoms with Crippen molar-refractivity contribution in [3.8, 4) is 11.5 Å². The number of unbranched alkanes of at least 4 members (excludes halogenated alkanes) is 8. The maximum atomic E-state index is 6.15. The van der Waals surface area contributed by atoms with Crippen molar-refractivity contribution >= 4 is 12.4 Å². The summed E-state index contributed by atoms with van der Waals surface area (Å²) in [6, 6.07) is 18.5. The van der Waals surface area contributed by atoms with Gasteiger partial charge in [0.1, 0.15) is 11.5 Å². The van der Waals surface area contributed by atoms with Gasteiger partial charge in [-0.25, -0.2) is 0 Å². The lowest BCUT2D eigenvalue weighted by molar-refractivity contribution is -0.0418. The number of rotatable bonds is 18. The normalized spacial score (nSPS) is 23.8. The number of nitrogens with two attached hydrogens (primary N) is 2. The van der Waals surface area contributed by atoms with Crippen LogP contribution >= 0.6 is 12.4 Å². The first kappa shape index (κ1) is 32.2. The van der Waals surface area contributed by atoms with Gasteiger partial charge in [0.15, 0.2) is 0 Å². The number of hydrogen-bond acceptors (Lipinski definition) is 4. The molecule has 0 aliphatic heterocycles. The first-order valence-electron chi connectivity index (χ1n) is 16.6. The van der Waals surface area contributed by atoms with Crippen molar-refractivity contribution in [3.05, 3.63) is 59.7 Å². The highest BCUT2D eigenvalue weighted by atomic mass is 35.5. The van der Waals surface area contributed by atoms with E-state index in [0.717, 1.165) is 87.2 Å². The lowest BCUT2D eigenvalue weighted by atomic mass is 9.42. The van der Waals surface area contributed by atoms with Crippen LogP contribution in [0.15, 0.2) is 48.5 Å². The minimum absolute atomic E-state index is 0. The van der Waals surface area contributed by atoms with Gasteiger partial charge in [0, 0.05) is 5.41 Å². The van der Waals surface area contributed by atoms with Gasteiger partial charge in [-0.3, -0.25) is 0 Å². The molecule has 4 saturated carbocycles. The SMILES string of the molecule is Cl.NCCCCCCCOc1ccc(C2(c3ccc(OCCCCCCCN)cc3)C3CC4CC(C3)CC2C4)cc1. The summed E-state index contributed by atoms with van der Waals surface area (Å²) in [6.07, 6.45) is 19.0. The molecular formula is C36H55ClN2O2. The predicted molar refractivity (Wildman–Crippen MR) is 173 cm³/mol. The Balaban J connectivity index is 0.00000387. The van der Waals surface area contributed by atoms with Crippen LogP contribution in [0, 0.1) is 23.7 Å². The topological polar surface area (TPSA) is 70.5 Å². The fourth-order valence-corrected chi connectivity index (χ4v) is 8.62. The Morgan fingerprint density at radius 3 is 1.27 bits per heavy atom. The smallest absolute Gasteiger partial charge is 0.119 e. The van der Waals surface area contributed by atoms with Crippen molar-refractivity contribution in [2.75, 3.05) is 26.3 Å². The van der Waals surface area contributed by atoms with Gasteiger partial charge in [0.2, 0.25) is 0 Å². The van der Waals surface area contributed by atoms with Gasteiger partial charge in [0.25, 0.3) is 0 Å². The molecule has 0 unspecified atom stereocenters. The molecular weight excluding hydrogens is 528 g/mol. The molecule has 0 aromatic heterocycles. The standard InChI is InChI=1S/C36H54N2O2.ClH/c37-19-7-3-1-5-9-21-39-34-15-11-30(12-16-34)36(32-24-28-23-29(26-32)27-33(36)25-28)31-13-17-35(18-14-31)40-22-10-6-2-4-8-20-38;/h11-18,28-29,32-33H,1-10,19-27,37-38H2;1H. The third-order valence-corrected chi connectivity index (χ3v) is 10.3. The Hall–Kier alpha value is -1.75. The van der Waals surface area contributed by atoms with Crippen LogP contribution in [0.3, 0.4) is 0 Å². The largest absolute Gasteiger partial charge is 0.494 e. The highest BCUT2D eigenvalue weighted by Crippen LogP contribution is 2.65. The lowest BCUT2D eigenvalue weighted by Gasteiger charge is -2.62. The zero-order valence-electron chi connectivity index (χ0n) is 25.2. The summed E-state index contributed by atoms with van der Waals surface area (Å²) in [5.41, 5.74) is 14.3. The minimum Gasteiger partial charge on any atom is -0.494 e. The van der Waals surface area contributed by atoms with E-state index in [1.54, 1.807) is 0 Å². The molecule has 4 fully saturated rings. The zero-order chi connectivity index (χ0) is 27.6. The van der Waals surface area contributed by atoms with E-state index < -0.39 is 0 Å². The van der Waals surface area contributed by atoms with Gasteiger partial charge in [-0.1, -0.05) is 62.8 Å². The molecule has 4 N–H and O–H groups in total. The highest BCUT2D eigenvalue weighted by molar-refractivity contribution is 5.85. The van der Waals surface area contributed by atoms with Crippen LogP contribution in [0.25, 0.3) is 0 Å². The fourth-order valence-electron chi connectivity index (χ4n) is 8.62. The molecule has 5 heteroatoms. The molecule has 0 atom stereocenters. The van der Waals surface area contributed by atoms with Crippen LogP contribution < -0.4 is 20.9 Å². The number of benzene rings is 2. The molecule has 228 valence electrons. The number of halogens is 1. The quantitative estimate of drug-likeness (QED) is 0.173. The van der Waals surface area contributed by atoms with E-state index in [1.807, 2.05) is 0 Å². The van der Waals surface area contributed by atoms with E-state index in [1.165, 1.54) is 81.8 Å². The Labute approximate surface area is 255 Å². The maximum absolute atomic E-state index is 6.15. The summed E-state index contributed by atoms with van der Waals surface area (Å²) >= 11 is 0. The van der Waals surface area contributed by atoms with E-state index in [0.29, 0.717) is 0 Å². The molecule has 0 spiro atoms. The van der Waals surface area contributed by atoms with Gasteiger partial charge in [-0.05, 0) is 130 Å². The molecule has 0 radical (unpaired) electrons. The van der Waals surface area contributed by atoms with Crippen molar-refractivity contribution in [2.24, 2.45) is 35.1 Å². The predicted octanol–water partition coefficient (Wildman–Crippen LogP) is 8.43. The van der Waals surface area contributed by atoms with Crippen LogP contribution in [0.4, 0.5) is 0 Å². The molecule has 0 heterocycles. The molecule has 41 heavy (non-hydrogen) atoms. The van der Waals surface area contributed by atoms with Gasteiger partial charge in [-0.15, -0.1) is 12.4 Å². The first-order chi connectivity index (χ1) is 19.7. The third kappa shape index (κ3) is 7.80. The monoisotopic (exact) mass is 582 g/mol. The Morgan fingerprint density at radius 2 is 0.878 bits per heavy atom. The molecule has 4 aliphatic carbocycles. The van der Waals surface area contributed by atoms with Crippen molar-refractivity contribution in [1.82, 2.24) is 0 Å². The van der Waals surface area contributed by atoms with Crippen molar-refractivity contribution < 1.29 is 9.47 Å². The Bertz CT molecular complexity index is 918. The molecule has 2 aromatic carbocycles. The molecule has 2 aromatic rings. The zero-order valence-corrected chi connectivity index (χ0v) is 26.1. The van der Waals surface area contributed by atoms with E-state index in [-0.39, 0.29) is 17.8 Å². The van der Waals surface area contributed by atoms with E-state index in [4.69, 9.17) is 20.9 Å². The second-order valence-corrected chi connectivity index (χ2v) is 13.0. The maximum Gasteiger partial charge on any atom is 0.119 e. The summed E-state index contributed by atoms with van der Waals surface area (Å²) in [4.78, 5) is 0. The van der Waals surface area contributed by atoms with Crippen LogP contribution in [0.1, 0.15) is 107 Å². The molecule has 0 amide bonds. The van der Waals surface area contributed by atoms with Crippen LogP contribution in [-0.4, -0.2) is 26.3 Å². The lowest BCUT2D eigenvalue weighted by Crippen LogP contribution is -2.56. The molecule has 4 bridgehead atoms. The van der Waals surface area contributed by atoms with Crippen molar-refractivity contribution in [2.45, 2.75) is 102 Å². The molecule has 4 nitrogen and oxygen atoms in total. The van der Waals surface area contributed by atoms with Gasteiger partial charge < -0.3 is 20.9 Å². The first-order valence-corrected chi connectivity index (χ1v) is 16.6. The summed E-state index contributed by atoms with van der Waals surface area (Å²) in [5, 5.41) is 0. The molecule has 4 aliphatic rings. The van der Waals surface area contributed by atoms with Crippen LogP contribution in [-0.2, 0) is 5.41 Å². The number of hydrogen-bond donors (Lipinski definition) is 2. The summed E-state index contributed by atoms with van der Waals surface area (Å²) in [6.45, 7) is 3.22. The summed E-state index contributed by atoms with van der Waals surface area (Å²) in [5.74, 6) is 5.38. The highest BCUT2D eigenvalue weighted by Gasteiger charge is 2.58. The van der Waals surface area contributed by atoms with Crippen molar-refractivity contribution in [3.63, 3.8) is 0 Å². The Kier molecular flexibility index (Phi) is 12.7. The van der Waals surface area contributed by atoms with Gasteiger partial charge in [0.05, 0.1) is 13.2 Å². The summed E-state index contributed by atoms with van der Waals surface area (Å²) < 4.78 is 12.3. The second-order valence-electron chi connectivity index (χ2n) is 13.0. The van der Waals surface area contributed by atoms with E-state index >= 15 is 0 Å².